The van der Waals surface area contributed by atoms with E-state index in [1.165, 1.54) is 23.8 Å². The monoisotopic (exact) mass is 340 g/mol. The number of amides is 3. The van der Waals surface area contributed by atoms with Crippen LogP contribution in [0.15, 0.2) is 24.4 Å². The number of nitrogens with one attached hydrogen (secondary N) is 1. The van der Waals surface area contributed by atoms with Crippen LogP contribution >= 0.6 is 0 Å². The molecule has 6 nitrogen and oxygen atoms in total. The van der Waals surface area contributed by atoms with Gasteiger partial charge in [0.2, 0.25) is 5.91 Å². The van der Waals surface area contributed by atoms with Crippen molar-refractivity contribution in [2.24, 2.45) is 7.05 Å². The Hall–Kier alpha value is -2.34. The van der Waals surface area contributed by atoms with Gasteiger partial charge in [-0.15, -0.1) is 0 Å². The number of hydrogen-bond acceptors (Lipinski definition) is 3. The predicted molar refractivity (Wildman–Crippen MR) is 97.9 cm³/mol. The van der Waals surface area contributed by atoms with E-state index in [2.05, 4.69) is 47.2 Å². The molecule has 25 heavy (non-hydrogen) atoms. The van der Waals surface area contributed by atoms with Crippen LogP contribution in [0.4, 0.5) is 10.5 Å². The lowest BCUT2D eigenvalue weighted by Crippen LogP contribution is -2.49. The first-order chi connectivity index (χ1) is 12.0. The van der Waals surface area contributed by atoms with Gasteiger partial charge in [-0.05, 0) is 56.6 Å². The van der Waals surface area contributed by atoms with E-state index in [9.17, 15) is 9.59 Å². The Bertz CT molecular complexity index is 833. The number of urea groups is 1. The van der Waals surface area contributed by atoms with Crippen molar-refractivity contribution in [3.63, 3.8) is 0 Å². The highest BCUT2D eigenvalue weighted by Crippen LogP contribution is 2.35. The summed E-state index contributed by atoms with van der Waals surface area (Å²) in [4.78, 5) is 27.5. The molecular formula is C19H24N4O2. The Morgan fingerprint density at radius 3 is 2.56 bits per heavy atom. The van der Waals surface area contributed by atoms with Gasteiger partial charge in [0.1, 0.15) is 0 Å². The van der Waals surface area contributed by atoms with Gasteiger partial charge in [-0.25, -0.2) is 4.79 Å². The molecule has 0 aliphatic carbocycles. The van der Waals surface area contributed by atoms with Crippen molar-refractivity contribution in [3.8, 4) is 0 Å². The van der Waals surface area contributed by atoms with Crippen LogP contribution in [-0.2, 0) is 11.8 Å². The molecule has 0 radical (unpaired) electrons. The molecular weight excluding hydrogens is 316 g/mol. The fraction of sp³-hybridized carbons (Fsp3) is 0.474. The number of carbonyl (C=O) groups excluding carboxylic acids is 2. The summed E-state index contributed by atoms with van der Waals surface area (Å²) < 4.78 is 2.15. The van der Waals surface area contributed by atoms with E-state index in [0.29, 0.717) is 18.9 Å². The fourth-order valence-corrected chi connectivity index (χ4v) is 4.03. The second-order valence-corrected chi connectivity index (χ2v) is 7.23. The van der Waals surface area contributed by atoms with E-state index in [-0.39, 0.29) is 11.9 Å². The van der Waals surface area contributed by atoms with Gasteiger partial charge in [0.15, 0.2) is 0 Å². The highest BCUT2D eigenvalue weighted by molar-refractivity contribution is 6.06. The molecule has 2 saturated heterocycles. The third-order valence-corrected chi connectivity index (χ3v) is 5.53. The summed E-state index contributed by atoms with van der Waals surface area (Å²) in [6.45, 7) is 2.71. The zero-order chi connectivity index (χ0) is 17.6. The van der Waals surface area contributed by atoms with Crippen LogP contribution in [0.2, 0.25) is 0 Å². The molecule has 2 aliphatic rings. The van der Waals surface area contributed by atoms with Crippen molar-refractivity contribution in [2.45, 2.75) is 25.2 Å². The number of imide groups is 1. The number of nitrogens with zero attached hydrogens (tertiary/aromatic N) is 3. The molecule has 0 unspecified atom stereocenters. The van der Waals surface area contributed by atoms with Gasteiger partial charge in [0.25, 0.3) is 0 Å². The summed E-state index contributed by atoms with van der Waals surface area (Å²) in [5, 5.41) is 3.66. The Morgan fingerprint density at radius 1 is 1.08 bits per heavy atom. The summed E-state index contributed by atoms with van der Waals surface area (Å²) in [6.07, 6.45) is 4.96. The highest BCUT2D eigenvalue weighted by atomic mass is 16.2. The summed E-state index contributed by atoms with van der Waals surface area (Å²) in [5.41, 5.74) is 3.39. The average Bonchev–Trinajstić information content (AvgIpc) is 2.92. The van der Waals surface area contributed by atoms with Crippen LogP contribution in [0.1, 0.15) is 30.7 Å². The van der Waals surface area contributed by atoms with Gasteiger partial charge in [-0.1, -0.05) is 6.07 Å². The van der Waals surface area contributed by atoms with Crippen LogP contribution in [0, 0.1) is 0 Å². The standard InChI is InChI=1S/C19H24N4O2/c1-21-8-5-13(6-9-21)16-12-22(2)17-11-14(3-4-15(16)17)23-10-7-18(24)20-19(23)25/h3-4,11-13H,5-10H2,1-2H3,(H,20,24,25). The molecule has 1 N–H and O–H groups in total. The van der Waals surface area contributed by atoms with E-state index in [1.807, 2.05) is 6.07 Å². The first-order valence-corrected chi connectivity index (χ1v) is 8.92. The Balaban J connectivity index is 1.67. The number of piperidine rings is 1. The van der Waals surface area contributed by atoms with Gasteiger partial charge in [-0.2, -0.15) is 0 Å². The van der Waals surface area contributed by atoms with E-state index < -0.39 is 0 Å². The lowest BCUT2D eigenvalue weighted by molar-refractivity contribution is -0.120. The smallest absolute Gasteiger partial charge is 0.328 e. The van der Waals surface area contributed by atoms with Gasteiger partial charge in [-0.3, -0.25) is 15.0 Å². The van der Waals surface area contributed by atoms with Gasteiger partial charge in [0, 0.05) is 37.3 Å². The molecule has 3 heterocycles. The zero-order valence-electron chi connectivity index (χ0n) is 14.8. The number of anilines is 1. The number of fused-ring (bicyclic) bond motifs is 1. The number of aryl methyl sites for hydroxylation is 1. The molecule has 1 aromatic heterocycles. The second-order valence-electron chi connectivity index (χ2n) is 7.23. The van der Waals surface area contributed by atoms with Crippen molar-refractivity contribution in [2.75, 3.05) is 31.6 Å². The molecule has 6 heteroatoms. The number of benzene rings is 1. The molecule has 0 saturated carbocycles. The third kappa shape index (κ3) is 2.91. The van der Waals surface area contributed by atoms with Crippen LogP contribution in [0.25, 0.3) is 10.9 Å². The van der Waals surface area contributed by atoms with E-state index in [1.54, 1.807) is 4.90 Å². The van der Waals surface area contributed by atoms with Gasteiger partial charge >= 0.3 is 6.03 Å². The molecule has 2 aromatic rings. The SMILES string of the molecule is CN1CCC(c2cn(C)c3cc(N4CCC(=O)NC4=O)ccc23)CC1. The zero-order valence-corrected chi connectivity index (χ0v) is 14.8. The first-order valence-electron chi connectivity index (χ1n) is 8.92. The van der Waals surface area contributed by atoms with Crippen molar-refractivity contribution in [1.82, 2.24) is 14.8 Å². The Labute approximate surface area is 147 Å². The normalized spacial score (nSPS) is 20.3. The van der Waals surface area contributed by atoms with E-state index in [4.69, 9.17) is 0 Å². The summed E-state index contributed by atoms with van der Waals surface area (Å²) in [6, 6.07) is 5.85. The van der Waals surface area contributed by atoms with Gasteiger partial charge in [0.05, 0.1) is 5.52 Å². The number of carbonyl (C=O) groups is 2. The van der Waals surface area contributed by atoms with Crippen LogP contribution in [-0.4, -0.2) is 48.1 Å². The molecule has 0 atom stereocenters. The topological polar surface area (TPSA) is 57.6 Å². The fourth-order valence-electron chi connectivity index (χ4n) is 4.03. The van der Waals surface area contributed by atoms with E-state index in [0.717, 1.165) is 24.3 Å². The molecule has 4 rings (SSSR count). The largest absolute Gasteiger partial charge is 0.350 e. The van der Waals surface area contributed by atoms with Crippen molar-refractivity contribution in [3.05, 3.63) is 30.0 Å². The quantitative estimate of drug-likeness (QED) is 0.913. The van der Waals surface area contributed by atoms with Crippen molar-refractivity contribution >= 4 is 28.5 Å². The average molecular weight is 340 g/mol. The summed E-state index contributed by atoms with van der Waals surface area (Å²) in [5.74, 6) is 0.396. The van der Waals surface area contributed by atoms with Crippen LogP contribution < -0.4 is 10.2 Å². The van der Waals surface area contributed by atoms with E-state index >= 15 is 0 Å². The molecule has 0 bridgehead atoms. The summed E-state index contributed by atoms with van der Waals surface area (Å²) >= 11 is 0. The second kappa shape index (κ2) is 6.19. The minimum absolute atomic E-state index is 0.203. The maximum atomic E-state index is 12.1. The molecule has 1 aromatic carbocycles. The number of likely N-dealkylation sites (tertiary alicyclic amines) is 1. The molecule has 2 fully saturated rings. The lowest BCUT2D eigenvalue weighted by Gasteiger charge is -2.29. The Morgan fingerprint density at radius 2 is 1.84 bits per heavy atom. The number of hydrogen-bond donors (Lipinski definition) is 1. The van der Waals surface area contributed by atoms with Crippen molar-refractivity contribution < 1.29 is 9.59 Å². The number of rotatable bonds is 2. The summed E-state index contributed by atoms with van der Waals surface area (Å²) in [7, 11) is 4.24. The number of aromatic nitrogens is 1. The molecule has 3 amide bonds. The van der Waals surface area contributed by atoms with Crippen LogP contribution in [0.5, 0.6) is 0 Å². The maximum absolute atomic E-state index is 12.1. The van der Waals surface area contributed by atoms with Crippen molar-refractivity contribution in [1.29, 1.82) is 0 Å². The highest BCUT2D eigenvalue weighted by Gasteiger charge is 2.26. The van der Waals surface area contributed by atoms with Crippen LogP contribution in [0.3, 0.4) is 0 Å². The lowest BCUT2D eigenvalue weighted by atomic mass is 9.89. The first kappa shape index (κ1) is 16.1. The molecule has 0 spiro atoms. The molecule has 2 aliphatic heterocycles. The Kier molecular flexibility index (Phi) is 4.00. The maximum Gasteiger partial charge on any atom is 0.328 e. The minimum atomic E-state index is -0.333. The third-order valence-electron chi connectivity index (χ3n) is 5.53. The molecule has 132 valence electrons. The minimum Gasteiger partial charge on any atom is -0.350 e. The predicted octanol–water partition coefficient (Wildman–Crippen LogP) is 2.43. The van der Waals surface area contributed by atoms with Gasteiger partial charge < -0.3 is 9.47 Å².